The molecule has 82 valence electrons. The molecule has 0 spiro atoms. The summed E-state index contributed by atoms with van der Waals surface area (Å²) in [4.78, 5) is 25.7. The molecule has 0 fully saturated rings. The molecule has 0 aliphatic heterocycles. The topological polar surface area (TPSA) is 82.5 Å². The Bertz CT molecular complexity index is 356. The number of aromatic nitrogens is 1. The van der Waals surface area contributed by atoms with Gasteiger partial charge in [-0.1, -0.05) is 13.8 Å². The van der Waals surface area contributed by atoms with Crippen molar-refractivity contribution < 1.29 is 39.5 Å². The van der Waals surface area contributed by atoms with Crippen molar-refractivity contribution >= 4 is 17.3 Å². The molecule has 0 N–H and O–H groups in total. The minimum Gasteiger partial charge on any atom is -0.547 e. The third-order valence-electron chi connectivity index (χ3n) is 1.98. The second kappa shape index (κ2) is 6.44. The molecule has 0 unspecified atom stereocenters. The van der Waals surface area contributed by atoms with Gasteiger partial charge in [0, 0.05) is 11.6 Å². The van der Waals surface area contributed by atoms with Crippen LogP contribution in [0.5, 0.6) is 0 Å². The molecule has 0 radical (unpaired) electrons. The first-order valence-electron chi connectivity index (χ1n) is 4.49. The Balaban J connectivity index is 0.00000225. The average molecular weight is 250 g/mol. The number of carboxylic acid groups (broad SMARTS) is 1. The largest absolute Gasteiger partial charge is 1.00 e. The Hall–Kier alpha value is -0.300. The normalized spacial score (nSPS) is 13.9. The molecule has 0 bridgehead atoms. The molecular formula is C9H11N2NaO3S. The maximum atomic E-state index is 11.0. The summed E-state index contributed by atoms with van der Waals surface area (Å²) >= 11 is 1.10. The molecular weight excluding hydrogens is 239 g/mol. The predicted molar refractivity (Wildman–Crippen MR) is 54.0 cm³/mol. The van der Waals surface area contributed by atoms with Crippen molar-refractivity contribution in [3.8, 4) is 0 Å². The second-order valence-electron chi connectivity index (χ2n) is 3.67. The zero-order valence-electron chi connectivity index (χ0n) is 9.47. The zero-order chi connectivity index (χ0) is 11.5. The van der Waals surface area contributed by atoms with Crippen LogP contribution in [-0.4, -0.2) is 11.0 Å². The van der Waals surface area contributed by atoms with Crippen molar-refractivity contribution in [1.82, 2.24) is 4.98 Å². The number of nitroso groups, excluding NO2 is 1. The molecule has 0 aliphatic carbocycles. The van der Waals surface area contributed by atoms with Crippen molar-refractivity contribution in [3.63, 3.8) is 0 Å². The number of rotatable bonds is 5. The Morgan fingerprint density at radius 1 is 1.69 bits per heavy atom. The van der Waals surface area contributed by atoms with Crippen molar-refractivity contribution in [2.75, 3.05) is 0 Å². The molecule has 0 saturated heterocycles. The fraction of sp³-hybridized carbons (Fsp3) is 0.556. The number of carbonyl (C=O) groups is 1. The van der Waals surface area contributed by atoms with Crippen LogP contribution in [0, 0.1) is 10.8 Å². The van der Waals surface area contributed by atoms with Crippen LogP contribution in [0.15, 0.2) is 16.8 Å². The van der Waals surface area contributed by atoms with E-state index in [4.69, 9.17) is 0 Å². The van der Waals surface area contributed by atoms with Gasteiger partial charge in [0.15, 0.2) is 5.54 Å². The number of thiazole rings is 1. The van der Waals surface area contributed by atoms with E-state index in [2.05, 4.69) is 10.2 Å². The maximum absolute atomic E-state index is 11.0. The molecule has 1 heterocycles. The first kappa shape index (κ1) is 15.7. The van der Waals surface area contributed by atoms with Gasteiger partial charge in [-0.2, -0.15) is 0 Å². The van der Waals surface area contributed by atoms with Crippen LogP contribution in [0.2, 0.25) is 0 Å². The zero-order valence-corrected chi connectivity index (χ0v) is 12.3. The molecule has 0 aromatic carbocycles. The van der Waals surface area contributed by atoms with Crippen LogP contribution >= 0.6 is 11.3 Å². The Morgan fingerprint density at radius 3 is 2.62 bits per heavy atom. The second-order valence-corrected chi connectivity index (χ2v) is 4.57. The Morgan fingerprint density at radius 2 is 2.31 bits per heavy atom. The smallest absolute Gasteiger partial charge is 0.547 e. The predicted octanol–water partition coefficient (Wildman–Crippen LogP) is -2.10. The summed E-state index contributed by atoms with van der Waals surface area (Å²) in [7, 11) is 0. The number of hydrogen-bond acceptors (Lipinski definition) is 6. The van der Waals surface area contributed by atoms with E-state index < -0.39 is 11.5 Å². The standard InChI is InChI=1S/C9H12N2O3S.Na/c1-6(2)5-9(11-14,8(12)13)7-10-3-4-15-7;/h3-4,6H,5H2,1-2H3,(H,12,13);/q;+1/p-1/t9-;/m1./s1. The average Bonchev–Trinajstić information content (AvgIpc) is 2.66. The third kappa shape index (κ3) is 3.10. The summed E-state index contributed by atoms with van der Waals surface area (Å²) in [6, 6.07) is 0. The number of aliphatic carboxylic acids is 1. The number of nitrogens with zero attached hydrogens (tertiary/aromatic N) is 2. The van der Waals surface area contributed by atoms with Gasteiger partial charge in [-0.05, 0) is 17.5 Å². The summed E-state index contributed by atoms with van der Waals surface area (Å²) in [5, 5.41) is 15.6. The van der Waals surface area contributed by atoms with Crippen LogP contribution in [0.1, 0.15) is 25.3 Å². The minimum absolute atomic E-state index is 0. The van der Waals surface area contributed by atoms with E-state index in [1.54, 1.807) is 5.38 Å². The Labute approximate surface area is 120 Å². The third-order valence-corrected chi connectivity index (χ3v) is 2.91. The van der Waals surface area contributed by atoms with Crippen LogP contribution in [0.4, 0.5) is 0 Å². The van der Waals surface area contributed by atoms with E-state index in [1.165, 1.54) is 6.20 Å². The van der Waals surface area contributed by atoms with Gasteiger partial charge in [0.2, 0.25) is 0 Å². The van der Waals surface area contributed by atoms with Gasteiger partial charge in [-0.25, -0.2) is 4.98 Å². The van der Waals surface area contributed by atoms with Crippen molar-refractivity contribution in [2.24, 2.45) is 11.1 Å². The number of carboxylic acids is 1. The van der Waals surface area contributed by atoms with Gasteiger partial charge in [0.1, 0.15) is 5.01 Å². The van der Waals surface area contributed by atoms with Gasteiger partial charge in [0.25, 0.3) is 0 Å². The monoisotopic (exact) mass is 250 g/mol. The maximum Gasteiger partial charge on any atom is 1.00 e. The Kier molecular flexibility index (Phi) is 6.32. The van der Waals surface area contributed by atoms with E-state index in [-0.39, 0.29) is 46.9 Å². The van der Waals surface area contributed by atoms with Crippen LogP contribution < -0.4 is 34.7 Å². The molecule has 16 heavy (non-hydrogen) atoms. The van der Waals surface area contributed by atoms with Gasteiger partial charge in [-0.15, -0.1) is 16.2 Å². The van der Waals surface area contributed by atoms with E-state index in [0.29, 0.717) is 0 Å². The van der Waals surface area contributed by atoms with E-state index in [9.17, 15) is 14.8 Å². The van der Waals surface area contributed by atoms with Crippen LogP contribution in [-0.2, 0) is 10.3 Å². The van der Waals surface area contributed by atoms with Crippen molar-refractivity contribution in [2.45, 2.75) is 25.8 Å². The summed E-state index contributed by atoms with van der Waals surface area (Å²) in [6.45, 7) is 3.63. The first-order chi connectivity index (χ1) is 7.03. The minimum atomic E-state index is -1.83. The molecule has 0 saturated carbocycles. The van der Waals surface area contributed by atoms with Crippen LogP contribution in [0.25, 0.3) is 0 Å². The summed E-state index contributed by atoms with van der Waals surface area (Å²) in [5.74, 6) is -1.47. The summed E-state index contributed by atoms with van der Waals surface area (Å²) in [6.07, 6.45) is 1.55. The molecule has 1 rings (SSSR count). The van der Waals surface area contributed by atoms with Crippen molar-refractivity contribution in [3.05, 3.63) is 21.5 Å². The summed E-state index contributed by atoms with van der Waals surface area (Å²) in [5.41, 5.74) is -1.83. The van der Waals surface area contributed by atoms with Gasteiger partial charge in [0.05, 0.1) is 5.97 Å². The SMILES string of the molecule is CC(C)C[C@](N=O)(C(=O)[O-])c1nccs1.[Na+]. The van der Waals surface area contributed by atoms with Gasteiger partial charge >= 0.3 is 29.6 Å². The first-order valence-corrected chi connectivity index (χ1v) is 5.37. The number of hydrogen-bond donors (Lipinski definition) is 0. The van der Waals surface area contributed by atoms with Crippen LogP contribution in [0.3, 0.4) is 0 Å². The molecule has 1 aromatic rings. The molecule has 1 aromatic heterocycles. The fourth-order valence-corrected chi connectivity index (χ4v) is 2.16. The molecule has 0 aliphatic rings. The fourth-order valence-electron chi connectivity index (χ4n) is 1.39. The quantitative estimate of drug-likeness (QED) is 0.443. The number of carbonyl (C=O) groups excluding carboxylic acids is 1. The molecule has 0 amide bonds. The van der Waals surface area contributed by atoms with E-state index in [0.717, 1.165) is 11.3 Å². The van der Waals surface area contributed by atoms with Gasteiger partial charge < -0.3 is 9.90 Å². The van der Waals surface area contributed by atoms with Gasteiger partial charge in [-0.3, -0.25) is 0 Å². The molecule has 7 heteroatoms. The molecule has 5 nitrogen and oxygen atoms in total. The van der Waals surface area contributed by atoms with Crippen molar-refractivity contribution in [1.29, 1.82) is 0 Å². The summed E-state index contributed by atoms with van der Waals surface area (Å²) < 4.78 is 0. The molecule has 1 atom stereocenters. The van der Waals surface area contributed by atoms with E-state index in [1.807, 2.05) is 13.8 Å². The van der Waals surface area contributed by atoms with E-state index >= 15 is 0 Å².